The Balaban J connectivity index is 2.19. The quantitative estimate of drug-likeness (QED) is 0.675. The van der Waals surface area contributed by atoms with E-state index in [1.54, 1.807) is 0 Å². The largest absolute Gasteiger partial charge is 0.465 e. The molecular formula is C16H23NO2S. The molecule has 0 aliphatic heterocycles. The first-order chi connectivity index (χ1) is 9.51. The van der Waals surface area contributed by atoms with Crippen LogP contribution < -0.4 is 5.73 Å². The second-order valence-corrected chi connectivity index (χ2v) is 7.08. The van der Waals surface area contributed by atoms with Crippen LogP contribution in [0.5, 0.6) is 0 Å². The third-order valence-corrected chi connectivity index (χ3v) is 5.23. The lowest BCUT2D eigenvalue weighted by atomic mass is 9.91. The number of methoxy groups -OCH3 is 1. The predicted molar refractivity (Wildman–Crippen MR) is 84.2 cm³/mol. The minimum Gasteiger partial charge on any atom is -0.465 e. The van der Waals surface area contributed by atoms with Gasteiger partial charge in [-0.15, -0.1) is 11.8 Å². The van der Waals surface area contributed by atoms with Gasteiger partial charge in [-0.2, -0.15) is 0 Å². The zero-order chi connectivity index (χ0) is 14.7. The van der Waals surface area contributed by atoms with Gasteiger partial charge in [0.25, 0.3) is 0 Å². The first kappa shape index (κ1) is 15.2. The number of anilines is 1. The van der Waals surface area contributed by atoms with E-state index in [9.17, 15) is 4.79 Å². The summed E-state index contributed by atoms with van der Waals surface area (Å²) in [6.45, 7) is 4.26. The number of carbonyl (C=O) groups excluding carboxylic acids is 1. The summed E-state index contributed by atoms with van der Waals surface area (Å²) in [6.07, 6.45) is 5.15. The first-order valence-electron chi connectivity index (χ1n) is 7.16. The van der Waals surface area contributed by atoms with Crippen LogP contribution in [-0.2, 0) is 4.74 Å². The van der Waals surface area contributed by atoms with Gasteiger partial charge >= 0.3 is 5.97 Å². The van der Waals surface area contributed by atoms with E-state index in [1.807, 2.05) is 24.8 Å². The van der Waals surface area contributed by atoms with Crippen LogP contribution in [0.1, 0.15) is 48.5 Å². The smallest absolute Gasteiger partial charge is 0.340 e. The van der Waals surface area contributed by atoms with Crippen LogP contribution in [-0.4, -0.2) is 18.3 Å². The van der Waals surface area contributed by atoms with Crippen LogP contribution in [0.4, 0.5) is 5.69 Å². The average Bonchev–Trinajstić information content (AvgIpc) is 2.42. The molecule has 2 N–H and O–H groups in total. The molecule has 1 saturated carbocycles. The van der Waals surface area contributed by atoms with Crippen molar-refractivity contribution in [3.8, 4) is 0 Å². The van der Waals surface area contributed by atoms with Crippen LogP contribution in [0.3, 0.4) is 0 Å². The van der Waals surface area contributed by atoms with Crippen LogP contribution in [0.15, 0.2) is 17.0 Å². The lowest BCUT2D eigenvalue weighted by Gasteiger charge is -2.26. The Labute approximate surface area is 125 Å². The van der Waals surface area contributed by atoms with Gasteiger partial charge in [-0.05, 0) is 43.4 Å². The highest BCUT2D eigenvalue weighted by atomic mass is 32.2. The van der Waals surface area contributed by atoms with Crippen molar-refractivity contribution < 1.29 is 9.53 Å². The number of rotatable bonds is 3. The summed E-state index contributed by atoms with van der Waals surface area (Å²) in [4.78, 5) is 12.9. The maximum Gasteiger partial charge on any atom is 0.340 e. The number of hydrogen-bond acceptors (Lipinski definition) is 4. The van der Waals surface area contributed by atoms with Crippen molar-refractivity contribution in [3.05, 3.63) is 23.3 Å². The molecule has 20 heavy (non-hydrogen) atoms. The first-order valence-corrected chi connectivity index (χ1v) is 8.04. The molecule has 1 aliphatic rings. The number of esters is 1. The molecule has 1 aliphatic carbocycles. The zero-order valence-electron chi connectivity index (χ0n) is 12.4. The summed E-state index contributed by atoms with van der Waals surface area (Å²) < 4.78 is 4.81. The molecule has 2 rings (SSSR count). The lowest BCUT2D eigenvalue weighted by Crippen LogP contribution is -2.15. The molecule has 4 heteroatoms. The maximum atomic E-state index is 11.8. The molecule has 1 aromatic rings. The van der Waals surface area contributed by atoms with Crippen LogP contribution in [0.2, 0.25) is 0 Å². The SMILES string of the molecule is COC(=O)c1cc(SC2CCCC(C)C2)cc(C)c1N. The van der Waals surface area contributed by atoms with E-state index in [0.29, 0.717) is 16.5 Å². The van der Waals surface area contributed by atoms with Crippen molar-refractivity contribution >= 4 is 23.4 Å². The zero-order valence-corrected chi connectivity index (χ0v) is 13.3. The van der Waals surface area contributed by atoms with Crippen molar-refractivity contribution in [3.63, 3.8) is 0 Å². The van der Waals surface area contributed by atoms with Gasteiger partial charge in [0, 0.05) is 15.8 Å². The molecule has 2 unspecified atom stereocenters. The molecule has 0 heterocycles. The number of aryl methyl sites for hydroxylation is 1. The van der Waals surface area contributed by atoms with Gasteiger partial charge in [0.1, 0.15) is 0 Å². The Morgan fingerprint density at radius 3 is 2.80 bits per heavy atom. The third-order valence-electron chi connectivity index (χ3n) is 3.96. The van der Waals surface area contributed by atoms with Gasteiger partial charge in [0.2, 0.25) is 0 Å². The summed E-state index contributed by atoms with van der Waals surface area (Å²) in [7, 11) is 1.39. The number of nitrogens with two attached hydrogens (primary N) is 1. The molecular weight excluding hydrogens is 270 g/mol. The highest BCUT2D eigenvalue weighted by Gasteiger charge is 2.21. The Bertz CT molecular complexity index is 501. The van der Waals surface area contributed by atoms with Crippen LogP contribution in [0, 0.1) is 12.8 Å². The summed E-state index contributed by atoms with van der Waals surface area (Å²) in [5.41, 5.74) is 7.93. The highest BCUT2D eigenvalue weighted by molar-refractivity contribution is 8.00. The topological polar surface area (TPSA) is 52.3 Å². The van der Waals surface area contributed by atoms with E-state index < -0.39 is 0 Å². The van der Waals surface area contributed by atoms with Crippen molar-refractivity contribution in [1.29, 1.82) is 0 Å². The molecule has 2 atom stereocenters. The van der Waals surface area contributed by atoms with E-state index in [1.165, 1.54) is 32.8 Å². The Kier molecular flexibility index (Phi) is 4.97. The van der Waals surface area contributed by atoms with Gasteiger partial charge in [-0.3, -0.25) is 0 Å². The van der Waals surface area contributed by atoms with Gasteiger partial charge in [-0.1, -0.05) is 19.8 Å². The van der Waals surface area contributed by atoms with Crippen LogP contribution in [0.25, 0.3) is 0 Å². The molecule has 0 radical (unpaired) electrons. The molecule has 0 aromatic heterocycles. The molecule has 0 amide bonds. The molecule has 0 bridgehead atoms. The number of benzene rings is 1. The van der Waals surface area contributed by atoms with Crippen molar-refractivity contribution in [1.82, 2.24) is 0 Å². The Morgan fingerprint density at radius 1 is 1.40 bits per heavy atom. The fourth-order valence-electron chi connectivity index (χ4n) is 2.79. The summed E-state index contributed by atoms with van der Waals surface area (Å²) in [5.74, 6) is 0.446. The standard InChI is InChI=1S/C16H23NO2S/c1-10-5-4-6-12(7-10)20-13-8-11(2)15(17)14(9-13)16(18)19-3/h8-10,12H,4-7,17H2,1-3H3. The van der Waals surface area contributed by atoms with E-state index in [-0.39, 0.29) is 5.97 Å². The van der Waals surface area contributed by atoms with Crippen molar-refractivity contribution in [2.75, 3.05) is 12.8 Å². The molecule has 3 nitrogen and oxygen atoms in total. The summed E-state index contributed by atoms with van der Waals surface area (Å²) in [6, 6.07) is 3.95. The normalized spacial score (nSPS) is 22.6. The monoisotopic (exact) mass is 293 g/mol. The number of ether oxygens (including phenoxy) is 1. The van der Waals surface area contributed by atoms with Gasteiger partial charge in [0.15, 0.2) is 0 Å². The van der Waals surface area contributed by atoms with Gasteiger partial charge in [0.05, 0.1) is 12.7 Å². The average molecular weight is 293 g/mol. The second kappa shape index (κ2) is 6.53. The minimum atomic E-state index is -0.356. The number of carbonyl (C=O) groups is 1. The number of nitrogen functional groups attached to an aromatic ring is 1. The van der Waals surface area contributed by atoms with Crippen molar-refractivity contribution in [2.45, 2.75) is 49.7 Å². The van der Waals surface area contributed by atoms with E-state index >= 15 is 0 Å². The molecule has 0 spiro atoms. The Morgan fingerprint density at radius 2 is 2.15 bits per heavy atom. The fraction of sp³-hybridized carbons (Fsp3) is 0.562. The summed E-state index contributed by atoms with van der Waals surface area (Å²) >= 11 is 1.87. The fourth-order valence-corrected chi connectivity index (χ4v) is 4.31. The number of hydrogen-bond donors (Lipinski definition) is 1. The van der Waals surface area contributed by atoms with E-state index in [2.05, 4.69) is 13.0 Å². The Hall–Kier alpha value is -1.16. The predicted octanol–water partition coefficient (Wildman–Crippen LogP) is 4.03. The van der Waals surface area contributed by atoms with Gasteiger partial charge in [-0.25, -0.2) is 4.79 Å². The molecule has 110 valence electrons. The molecule has 1 aromatic carbocycles. The lowest BCUT2D eigenvalue weighted by molar-refractivity contribution is 0.0601. The summed E-state index contributed by atoms with van der Waals surface area (Å²) in [5, 5.41) is 0.646. The number of thioether (sulfide) groups is 1. The minimum absolute atomic E-state index is 0.356. The van der Waals surface area contributed by atoms with Crippen molar-refractivity contribution in [2.24, 2.45) is 5.92 Å². The maximum absolute atomic E-state index is 11.8. The van der Waals surface area contributed by atoms with E-state index in [4.69, 9.17) is 10.5 Å². The van der Waals surface area contributed by atoms with E-state index in [0.717, 1.165) is 16.4 Å². The molecule has 1 fully saturated rings. The second-order valence-electron chi connectivity index (χ2n) is 5.70. The third kappa shape index (κ3) is 3.48. The van der Waals surface area contributed by atoms with Gasteiger partial charge < -0.3 is 10.5 Å². The van der Waals surface area contributed by atoms with Crippen LogP contribution >= 0.6 is 11.8 Å². The molecule has 0 saturated heterocycles. The highest BCUT2D eigenvalue weighted by Crippen LogP contribution is 2.37.